The highest BCUT2D eigenvalue weighted by Crippen LogP contribution is 2.27. The average Bonchev–Trinajstić information content (AvgIpc) is 2.81. The number of carbonyl (C=O) groups is 3. The molecule has 0 saturated heterocycles. The molecule has 1 aliphatic carbocycles. The molecule has 1 aromatic rings. The summed E-state index contributed by atoms with van der Waals surface area (Å²) in [5, 5.41) is 15.4. The molecule has 0 aliphatic heterocycles. The first-order valence-electron chi connectivity index (χ1n) is 12.5. The Balaban J connectivity index is 2.48. The highest BCUT2D eigenvalue weighted by atomic mass is 16.6. The Morgan fingerprint density at radius 2 is 1.81 bits per heavy atom. The molecule has 2 unspecified atom stereocenters. The maximum Gasteiger partial charge on any atom is 0.408 e. The number of amides is 3. The molecular formula is C28H38N4O4. The molecule has 3 amide bonds. The number of alkyl carbamates (subject to hydrolysis) is 1. The molecule has 8 nitrogen and oxygen atoms in total. The predicted molar refractivity (Wildman–Crippen MR) is 137 cm³/mol. The van der Waals surface area contributed by atoms with Crippen LogP contribution in [0.15, 0.2) is 24.3 Å². The molecule has 2 N–H and O–H groups in total. The summed E-state index contributed by atoms with van der Waals surface area (Å²) in [5.74, 6) is 1.30. The van der Waals surface area contributed by atoms with Crippen LogP contribution in [0.4, 0.5) is 4.79 Å². The Hall–Kier alpha value is -3.52. The van der Waals surface area contributed by atoms with E-state index < -0.39 is 35.6 Å². The number of hydrogen-bond donors (Lipinski definition) is 2. The van der Waals surface area contributed by atoms with Gasteiger partial charge in [-0.2, -0.15) is 5.26 Å². The molecule has 0 heterocycles. The fourth-order valence-electron chi connectivity index (χ4n) is 4.34. The van der Waals surface area contributed by atoms with Crippen molar-refractivity contribution in [3.05, 3.63) is 35.4 Å². The van der Waals surface area contributed by atoms with Crippen molar-refractivity contribution in [2.24, 2.45) is 5.92 Å². The number of nitrogens with zero attached hydrogens (tertiary/aromatic N) is 2. The second-order valence-corrected chi connectivity index (χ2v) is 10.5. The van der Waals surface area contributed by atoms with Gasteiger partial charge in [0.15, 0.2) is 0 Å². The first kappa shape index (κ1) is 28.7. The van der Waals surface area contributed by atoms with Crippen LogP contribution in [0.2, 0.25) is 0 Å². The maximum atomic E-state index is 13.9. The molecule has 1 fully saturated rings. The van der Waals surface area contributed by atoms with E-state index in [9.17, 15) is 19.6 Å². The maximum absolute atomic E-state index is 13.9. The van der Waals surface area contributed by atoms with E-state index >= 15 is 0 Å². The third-order valence-electron chi connectivity index (χ3n) is 6.05. The SMILES string of the molecule is C#Cc1ccccc1C(C(=O)NC1CCCCC1)N(CC#N)C(=O)C(NC(=O)OC(C)(C)C)C(C)C. The average molecular weight is 495 g/mol. The topological polar surface area (TPSA) is 112 Å². The van der Waals surface area contributed by atoms with Crippen molar-refractivity contribution in [3.63, 3.8) is 0 Å². The highest BCUT2D eigenvalue weighted by molar-refractivity contribution is 5.93. The summed E-state index contributed by atoms with van der Waals surface area (Å²) in [4.78, 5) is 41.3. The van der Waals surface area contributed by atoms with Gasteiger partial charge < -0.3 is 20.3 Å². The molecule has 1 aliphatic rings. The Bertz CT molecular complexity index is 1010. The number of hydrogen-bond acceptors (Lipinski definition) is 5. The minimum absolute atomic E-state index is 0.00781. The summed E-state index contributed by atoms with van der Waals surface area (Å²) in [6.07, 6.45) is 9.86. The van der Waals surface area contributed by atoms with Gasteiger partial charge in [-0.3, -0.25) is 9.59 Å². The van der Waals surface area contributed by atoms with Gasteiger partial charge in [-0.15, -0.1) is 6.42 Å². The van der Waals surface area contributed by atoms with E-state index in [4.69, 9.17) is 11.2 Å². The number of benzene rings is 1. The molecule has 36 heavy (non-hydrogen) atoms. The van der Waals surface area contributed by atoms with Gasteiger partial charge in [0, 0.05) is 11.6 Å². The summed E-state index contributed by atoms with van der Waals surface area (Å²) < 4.78 is 5.35. The lowest BCUT2D eigenvalue weighted by Crippen LogP contribution is -2.55. The Labute approximate surface area is 214 Å². The second kappa shape index (κ2) is 13.0. The molecule has 2 atom stereocenters. The molecule has 0 radical (unpaired) electrons. The second-order valence-electron chi connectivity index (χ2n) is 10.5. The van der Waals surface area contributed by atoms with E-state index in [1.165, 1.54) is 4.90 Å². The fraction of sp³-hybridized carbons (Fsp3) is 0.571. The lowest BCUT2D eigenvalue weighted by molar-refractivity contribution is -0.143. The number of nitriles is 1. The van der Waals surface area contributed by atoms with Crippen molar-refractivity contribution in [2.75, 3.05) is 6.54 Å². The van der Waals surface area contributed by atoms with E-state index in [-0.39, 0.29) is 18.5 Å². The van der Waals surface area contributed by atoms with Gasteiger partial charge in [-0.1, -0.05) is 57.2 Å². The monoisotopic (exact) mass is 494 g/mol. The molecule has 1 saturated carbocycles. The summed E-state index contributed by atoms with van der Waals surface area (Å²) in [6, 6.07) is 6.75. The molecule has 0 spiro atoms. The van der Waals surface area contributed by atoms with Gasteiger partial charge in [0.25, 0.3) is 0 Å². The van der Waals surface area contributed by atoms with Gasteiger partial charge in [0.05, 0.1) is 6.07 Å². The normalized spacial score (nSPS) is 15.7. The number of ether oxygens (including phenoxy) is 1. The number of nitrogens with one attached hydrogen (secondary N) is 2. The third kappa shape index (κ3) is 8.02. The molecule has 2 rings (SSSR count). The van der Waals surface area contributed by atoms with Crippen LogP contribution in [0.5, 0.6) is 0 Å². The number of carbonyl (C=O) groups excluding carboxylic acids is 3. The first-order chi connectivity index (χ1) is 17.0. The van der Waals surface area contributed by atoms with Gasteiger partial charge >= 0.3 is 6.09 Å². The molecule has 194 valence electrons. The summed E-state index contributed by atoms with van der Waals surface area (Å²) >= 11 is 0. The van der Waals surface area contributed by atoms with Crippen LogP contribution in [-0.2, 0) is 14.3 Å². The fourth-order valence-corrected chi connectivity index (χ4v) is 4.34. The van der Waals surface area contributed by atoms with Crippen molar-refractivity contribution in [3.8, 4) is 18.4 Å². The van der Waals surface area contributed by atoms with Crippen LogP contribution in [0.3, 0.4) is 0 Å². The minimum atomic E-state index is -1.13. The first-order valence-corrected chi connectivity index (χ1v) is 12.5. The zero-order valence-electron chi connectivity index (χ0n) is 22.0. The molecule has 8 heteroatoms. The molecular weight excluding hydrogens is 456 g/mol. The summed E-state index contributed by atoms with van der Waals surface area (Å²) in [5.41, 5.74) is 0.157. The largest absolute Gasteiger partial charge is 0.444 e. The lowest BCUT2D eigenvalue weighted by atomic mass is 9.93. The van der Waals surface area contributed by atoms with E-state index in [2.05, 4.69) is 16.6 Å². The van der Waals surface area contributed by atoms with E-state index in [1.54, 1.807) is 58.9 Å². The van der Waals surface area contributed by atoms with Crippen LogP contribution in [-0.4, -0.2) is 47.0 Å². The van der Waals surface area contributed by atoms with Crippen LogP contribution < -0.4 is 10.6 Å². The van der Waals surface area contributed by atoms with Gasteiger partial charge in [-0.05, 0) is 51.2 Å². The minimum Gasteiger partial charge on any atom is -0.444 e. The standard InChI is InChI=1S/C28H38N4O4/c1-7-20-13-11-12-16-22(20)24(25(33)30-21-14-9-8-10-15-21)32(18-17-29)26(34)23(19(2)3)31-27(35)36-28(4,5)6/h1,11-13,16,19,21,23-24H,8-10,14-15,18H2,2-6H3,(H,30,33)(H,31,35). The number of terminal acetylenes is 1. The Kier molecular flexibility index (Phi) is 10.3. The quantitative estimate of drug-likeness (QED) is 0.418. The third-order valence-corrected chi connectivity index (χ3v) is 6.05. The van der Waals surface area contributed by atoms with E-state index in [0.29, 0.717) is 11.1 Å². The van der Waals surface area contributed by atoms with Crippen molar-refractivity contribution in [1.82, 2.24) is 15.5 Å². The van der Waals surface area contributed by atoms with Crippen LogP contribution in [0.1, 0.15) is 83.9 Å². The van der Waals surface area contributed by atoms with Gasteiger partial charge in [0.1, 0.15) is 24.2 Å². The van der Waals surface area contributed by atoms with Crippen LogP contribution in [0.25, 0.3) is 0 Å². The Morgan fingerprint density at radius 3 is 2.36 bits per heavy atom. The molecule has 1 aromatic carbocycles. The van der Waals surface area contributed by atoms with Gasteiger partial charge in [-0.25, -0.2) is 4.79 Å². The van der Waals surface area contributed by atoms with Crippen molar-refractivity contribution in [1.29, 1.82) is 5.26 Å². The van der Waals surface area contributed by atoms with Crippen LogP contribution in [0, 0.1) is 29.6 Å². The molecule has 0 aromatic heterocycles. The summed E-state index contributed by atoms with van der Waals surface area (Å²) in [7, 11) is 0. The summed E-state index contributed by atoms with van der Waals surface area (Å²) in [6.45, 7) is 8.36. The molecule has 0 bridgehead atoms. The van der Waals surface area contributed by atoms with Gasteiger partial charge in [0.2, 0.25) is 11.8 Å². The lowest BCUT2D eigenvalue weighted by Gasteiger charge is -2.35. The Morgan fingerprint density at radius 1 is 1.17 bits per heavy atom. The van der Waals surface area contributed by atoms with Crippen molar-refractivity contribution >= 4 is 17.9 Å². The highest BCUT2D eigenvalue weighted by Gasteiger charge is 2.38. The zero-order chi connectivity index (χ0) is 26.9. The smallest absolute Gasteiger partial charge is 0.408 e. The number of rotatable bonds is 8. The van der Waals surface area contributed by atoms with E-state index in [1.807, 2.05) is 6.07 Å². The van der Waals surface area contributed by atoms with Crippen molar-refractivity contribution < 1.29 is 19.1 Å². The van der Waals surface area contributed by atoms with Crippen LogP contribution >= 0.6 is 0 Å². The predicted octanol–water partition coefficient (Wildman–Crippen LogP) is 4.06. The van der Waals surface area contributed by atoms with E-state index in [0.717, 1.165) is 32.1 Å². The zero-order valence-corrected chi connectivity index (χ0v) is 22.0. The van der Waals surface area contributed by atoms with Crippen molar-refractivity contribution in [2.45, 2.75) is 90.4 Å².